The summed E-state index contributed by atoms with van der Waals surface area (Å²) in [7, 11) is -7.46. The van der Waals surface area contributed by atoms with Crippen LogP contribution in [0.3, 0.4) is 0 Å². The maximum atomic E-state index is 13.6. The molecular weight excluding hydrogens is 578 g/mol. The van der Waals surface area contributed by atoms with E-state index in [4.69, 9.17) is 9.26 Å². The molecule has 1 atom stereocenters. The van der Waals surface area contributed by atoms with Gasteiger partial charge in [-0.15, -0.1) is 0 Å². The largest absolute Gasteiger partial charge is 0.494 e. The van der Waals surface area contributed by atoms with Gasteiger partial charge in [0.15, 0.2) is 0 Å². The van der Waals surface area contributed by atoms with Crippen molar-refractivity contribution in [2.24, 2.45) is 0 Å². The van der Waals surface area contributed by atoms with Gasteiger partial charge in [-0.2, -0.15) is 4.31 Å². The zero-order chi connectivity index (χ0) is 29.9. The normalized spacial score (nSPS) is 18.1. The van der Waals surface area contributed by atoms with E-state index in [9.17, 15) is 22.3 Å². The quantitative estimate of drug-likeness (QED) is 0.277. The van der Waals surface area contributed by atoms with Crippen LogP contribution in [-0.2, 0) is 31.4 Å². The standard InChI is InChI=1S/C31H38FN2O6PS/c1-3-39-31-20-30(25-9-11-27(32)12-10-25)29(24-7-8-24)19-26(31)21-33-15-17-34(18-16-33)42(37,38)22-23-5-13-28(14-6-23)41(35,36)40-4-2/h5-6,9-14,19-20,24H,3-4,7-8,15-18,21-22H2,1-2H3,(H,35,36). The zero-order valence-electron chi connectivity index (χ0n) is 24.0. The van der Waals surface area contributed by atoms with Gasteiger partial charge >= 0.3 is 7.60 Å². The molecule has 1 saturated carbocycles. The van der Waals surface area contributed by atoms with Crippen molar-refractivity contribution in [2.45, 2.75) is 44.9 Å². The minimum atomic E-state index is -3.90. The average molecular weight is 617 g/mol. The van der Waals surface area contributed by atoms with Crippen LogP contribution in [-0.4, -0.2) is 61.9 Å². The second kappa shape index (κ2) is 13.0. The van der Waals surface area contributed by atoms with Gasteiger partial charge in [-0.25, -0.2) is 12.8 Å². The second-order valence-electron chi connectivity index (χ2n) is 10.8. The molecule has 3 aromatic carbocycles. The summed E-state index contributed by atoms with van der Waals surface area (Å²) in [6, 6.07) is 16.9. The molecule has 0 aromatic heterocycles. The highest BCUT2D eigenvalue weighted by Gasteiger charge is 2.31. The van der Waals surface area contributed by atoms with Crippen molar-refractivity contribution in [1.82, 2.24) is 9.21 Å². The molecule has 0 amide bonds. The van der Waals surface area contributed by atoms with E-state index in [0.29, 0.717) is 50.8 Å². The Labute approximate surface area is 247 Å². The molecule has 0 spiro atoms. The first-order chi connectivity index (χ1) is 20.1. The van der Waals surface area contributed by atoms with E-state index >= 15 is 0 Å². The number of halogens is 1. The van der Waals surface area contributed by atoms with E-state index < -0.39 is 17.6 Å². The van der Waals surface area contributed by atoms with Crippen LogP contribution in [0, 0.1) is 5.82 Å². The van der Waals surface area contributed by atoms with E-state index in [1.54, 1.807) is 19.1 Å². The summed E-state index contributed by atoms with van der Waals surface area (Å²) >= 11 is 0. The van der Waals surface area contributed by atoms with Crippen LogP contribution in [0.15, 0.2) is 60.7 Å². The average Bonchev–Trinajstić information content (AvgIpc) is 3.80. The van der Waals surface area contributed by atoms with E-state index in [1.165, 1.54) is 34.1 Å². The summed E-state index contributed by atoms with van der Waals surface area (Å²) in [5.41, 5.74) is 4.93. The molecule has 1 aliphatic carbocycles. The van der Waals surface area contributed by atoms with Gasteiger partial charge in [0.2, 0.25) is 10.0 Å². The topological polar surface area (TPSA) is 96.4 Å². The van der Waals surface area contributed by atoms with E-state index in [1.807, 2.05) is 19.1 Å². The Bertz CT molecular complexity index is 1540. The van der Waals surface area contributed by atoms with Crippen molar-refractivity contribution in [2.75, 3.05) is 39.4 Å². The van der Waals surface area contributed by atoms with Gasteiger partial charge in [-0.05, 0) is 91.3 Å². The van der Waals surface area contributed by atoms with Crippen molar-refractivity contribution in [1.29, 1.82) is 0 Å². The number of piperazine rings is 1. The maximum absolute atomic E-state index is 13.6. The summed E-state index contributed by atoms with van der Waals surface area (Å²) in [5, 5.41) is 0.140. The van der Waals surface area contributed by atoms with E-state index in [0.717, 1.165) is 35.3 Å². The Morgan fingerprint density at radius 2 is 1.62 bits per heavy atom. The van der Waals surface area contributed by atoms with Gasteiger partial charge in [-0.1, -0.05) is 24.3 Å². The lowest BCUT2D eigenvalue weighted by Gasteiger charge is -2.34. The van der Waals surface area contributed by atoms with Crippen LogP contribution in [0.1, 0.15) is 49.3 Å². The third kappa shape index (κ3) is 7.30. The van der Waals surface area contributed by atoms with E-state index in [2.05, 4.69) is 17.0 Å². The van der Waals surface area contributed by atoms with Crippen molar-refractivity contribution in [3.05, 3.63) is 83.2 Å². The van der Waals surface area contributed by atoms with Crippen molar-refractivity contribution in [3.8, 4) is 16.9 Å². The molecule has 1 unspecified atom stereocenters. The monoisotopic (exact) mass is 616 g/mol. The first-order valence-electron chi connectivity index (χ1n) is 14.4. The Hall–Kier alpha value is -2.59. The second-order valence-corrected chi connectivity index (χ2v) is 14.6. The Balaban J connectivity index is 1.25. The van der Waals surface area contributed by atoms with Gasteiger partial charge in [0.05, 0.1) is 24.3 Å². The fourth-order valence-corrected chi connectivity index (χ4v) is 7.95. The van der Waals surface area contributed by atoms with E-state index in [-0.39, 0.29) is 23.5 Å². The number of hydrogen-bond donors (Lipinski definition) is 1. The van der Waals surface area contributed by atoms with Gasteiger partial charge in [-0.3, -0.25) is 9.46 Å². The molecular formula is C31H38FN2O6PS. The van der Waals surface area contributed by atoms with Crippen LogP contribution in [0.25, 0.3) is 11.1 Å². The van der Waals surface area contributed by atoms with Crippen LogP contribution >= 0.6 is 7.60 Å². The fraction of sp³-hybridized carbons (Fsp3) is 0.419. The van der Waals surface area contributed by atoms with Crippen LogP contribution in [0.4, 0.5) is 4.39 Å². The molecule has 5 rings (SSSR count). The lowest BCUT2D eigenvalue weighted by Crippen LogP contribution is -2.48. The lowest BCUT2D eigenvalue weighted by atomic mass is 9.93. The van der Waals surface area contributed by atoms with Gasteiger partial charge in [0, 0.05) is 38.3 Å². The van der Waals surface area contributed by atoms with Crippen LogP contribution < -0.4 is 10.0 Å². The number of ether oxygens (including phenoxy) is 1. The molecule has 0 radical (unpaired) electrons. The van der Waals surface area contributed by atoms with Gasteiger partial charge in [0.1, 0.15) is 11.6 Å². The van der Waals surface area contributed by atoms with Gasteiger partial charge < -0.3 is 14.2 Å². The Morgan fingerprint density at radius 1 is 0.952 bits per heavy atom. The minimum Gasteiger partial charge on any atom is -0.494 e. The number of hydrogen-bond acceptors (Lipinski definition) is 6. The molecule has 2 aliphatic rings. The maximum Gasteiger partial charge on any atom is 0.358 e. The Morgan fingerprint density at radius 3 is 2.21 bits per heavy atom. The molecule has 11 heteroatoms. The molecule has 3 aromatic rings. The molecule has 8 nitrogen and oxygen atoms in total. The molecule has 226 valence electrons. The minimum absolute atomic E-state index is 0.103. The SMILES string of the molecule is CCOc1cc(-c2ccc(F)cc2)c(C2CC2)cc1CN1CCN(S(=O)(=O)Cc2ccc(P(=O)(O)OCC)cc2)CC1. The Kier molecular flexibility index (Phi) is 9.52. The van der Waals surface area contributed by atoms with Crippen molar-refractivity contribution in [3.63, 3.8) is 0 Å². The molecule has 2 fully saturated rings. The molecule has 1 N–H and O–H groups in total. The van der Waals surface area contributed by atoms with Crippen LogP contribution in [0.2, 0.25) is 0 Å². The highest BCUT2D eigenvalue weighted by atomic mass is 32.2. The number of rotatable bonds is 12. The zero-order valence-corrected chi connectivity index (χ0v) is 25.7. The third-order valence-electron chi connectivity index (χ3n) is 7.74. The predicted molar refractivity (Wildman–Crippen MR) is 162 cm³/mol. The summed E-state index contributed by atoms with van der Waals surface area (Å²) in [6.07, 6.45) is 2.26. The molecule has 42 heavy (non-hydrogen) atoms. The summed E-state index contributed by atoms with van der Waals surface area (Å²) in [6.45, 7) is 6.80. The highest BCUT2D eigenvalue weighted by molar-refractivity contribution is 7.88. The predicted octanol–water partition coefficient (Wildman–Crippen LogP) is 5.26. The third-order valence-corrected chi connectivity index (χ3v) is 11.1. The number of benzene rings is 3. The van der Waals surface area contributed by atoms with Crippen LogP contribution in [0.5, 0.6) is 5.75 Å². The first-order valence-corrected chi connectivity index (χ1v) is 17.6. The molecule has 0 bridgehead atoms. The highest BCUT2D eigenvalue weighted by Crippen LogP contribution is 2.47. The molecule has 1 heterocycles. The lowest BCUT2D eigenvalue weighted by molar-refractivity contribution is 0.179. The van der Waals surface area contributed by atoms with Crippen molar-refractivity contribution >= 4 is 22.9 Å². The smallest absolute Gasteiger partial charge is 0.358 e. The molecule has 1 aliphatic heterocycles. The summed E-state index contributed by atoms with van der Waals surface area (Å²) in [5.74, 6) is 0.848. The number of nitrogens with zero attached hydrogens (tertiary/aromatic N) is 2. The first kappa shape index (κ1) is 30.9. The summed E-state index contributed by atoms with van der Waals surface area (Å²) < 4.78 is 64.7. The van der Waals surface area contributed by atoms with Crippen molar-refractivity contribution < 1.29 is 31.5 Å². The van der Waals surface area contributed by atoms with Gasteiger partial charge in [0.25, 0.3) is 0 Å². The molecule has 1 saturated heterocycles. The fourth-order valence-electron chi connectivity index (χ4n) is 5.41. The number of sulfonamides is 1. The summed E-state index contributed by atoms with van der Waals surface area (Å²) in [4.78, 5) is 12.2.